The predicted molar refractivity (Wildman–Crippen MR) is 73.3 cm³/mol. The minimum atomic E-state index is -0.885. The van der Waals surface area contributed by atoms with Crippen molar-refractivity contribution in [1.82, 2.24) is 4.90 Å². The Hall–Kier alpha value is -1.55. The molecule has 0 saturated carbocycles. The van der Waals surface area contributed by atoms with Gasteiger partial charge in [0.25, 0.3) is 0 Å². The van der Waals surface area contributed by atoms with Crippen molar-refractivity contribution in [2.24, 2.45) is 0 Å². The van der Waals surface area contributed by atoms with Crippen LogP contribution in [0.1, 0.15) is 26.3 Å². The summed E-state index contributed by atoms with van der Waals surface area (Å²) in [5, 5.41) is 9.50. The maximum Gasteiger partial charge on any atom is 0.408 e. The van der Waals surface area contributed by atoms with Gasteiger partial charge >= 0.3 is 6.09 Å². The van der Waals surface area contributed by atoms with Crippen LogP contribution < -0.4 is 0 Å². The van der Waals surface area contributed by atoms with Gasteiger partial charge in [-0.25, -0.2) is 4.79 Å². The van der Waals surface area contributed by atoms with E-state index in [1.165, 1.54) is 4.90 Å². The van der Waals surface area contributed by atoms with Crippen LogP contribution in [0.15, 0.2) is 30.3 Å². The molecule has 4 heteroatoms. The largest absolute Gasteiger partial charge is 0.465 e. The van der Waals surface area contributed by atoms with Crippen LogP contribution in [0.5, 0.6) is 0 Å². The van der Waals surface area contributed by atoms with Crippen molar-refractivity contribution < 1.29 is 14.6 Å². The third kappa shape index (κ3) is 3.47. The number of benzene rings is 1. The third-order valence-electron chi connectivity index (χ3n) is 3.34. The zero-order valence-electron chi connectivity index (χ0n) is 11.7. The van der Waals surface area contributed by atoms with Crippen LogP contribution in [-0.4, -0.2) is 40.4 Å². The third-order valence-corrected chi connectivity index (χ3v) is 3.34. The van der Waals surface area contributed by atoms with Crippen molar-refractivity contribution in [1.29, 1.82) is 0 Å². The van der Waals surface area contributed by atoms with Crippen LogP contribution in [0, 0.1) is 0 Å². The van der Waals surface area contributed by atoms with Crippen LogP contribution >= 0.6 is 0 Å². The molecular formula is C15H21NO3. The molecule has 0 spiro atoms. The Balaban J connectivity index is 2.21. The SMILES string of the molecule is CC(C)(C)N(C(=O)O)[C@@H](Cc1ccccc1)[C@@H]1CO1. The molecule has 1 aliphatic heterocycles. The van der Waals surface area contributed by atoms with Gasteiger partial charge in [-0.05, 0) is 32.8 Å². The number of rotatable bonds is 4. The Labute approximate surface area is 114 Å². The molecule has 0 unspecified atom stereocenters. The molecule has 1 saturated heterocycles. The number of ether oxygens (including phenoxy) is 1. The summed E-state index contributed by atoms with van der Waals surface area (Å²) in [6.45, 7) is 6.40. The number of epoxide rings is 1. The van der Waals surface area contributed by atoms with E-state index in [4.69, 9.17) is 4.74 Å². The van der Waals surface area contributed by atoms with E-state index in [1.807, 2.05) is 51.1 Å². The summed E-state index contributed by atoms with van der Waals surface area (Å²) in [7, 11) is 0. The van der Waals surface area contributed by atoms with Crippen LogP contribution in [0.25, 0.3) is 0 Å². The summed E-state index contributed by atoms with van der Waals surface area (Å²) in [5.74, 6) is 0. The lowest BCUT2D eigenvalue weighted by molar-refractivity contribution is 0.0594. The topological polar surface area (TPSA) is 53.1 Å². The number of hydrogen-bond acceptors (Lipinski definition) is 2. The van der Waals surface area contributed by atoms with Crippen molar-refractivity contribution in [2.75, 3.05) is 6.61 Å². The summed E-state index contributed by atoms with van der Waals surface area (Å²) in [5.41, 5.74) is 0.704. The minimum absolute atomic E-state index is 0.0236. The first kappa shape index (κ1) is 13.9. The molecule has 0 bridgehead atoms. The number of nitrogens with zero attached hydrogens (tertiary/aromatic N) is 1. The summed E-state index contributed by atoms with van der Waals surface area (Å²) in [6.07, 6.45) is -0.172. The first-order valence-electron chi connectivity index (χ1n) is 6.57. The van der Waals surface area contributed by atoms with E-state index < -0.39 is 11.6 Å². The molecule has 1 aromatic rings. The van der Waals surface area contributed by atoms with E-state index in [-0.39, 0.29) is 12.1 Å². The Morgan fingerprint density at radius 2 is 2.00 bits per heavy atom. The molecule has 2 atom stereocenters. The summed E-state index contributed by atoms with van der Waals surface area (Å²) in [6, 6.07) is 9.84. The molecule has 0 aromatic heterocycles. The number of carbonyl (C=O) groups is 1. The van der Waals surface area contributed by atoms with Gasteiger partial charge in [-0.15, -0.1) is 0 Å². The average Bonchev–Trinajstić information content (AvgIpc) is 3.10. The summed E-state index contributed by atoms with van der Waals surface area (Å²) >= 11 is 0. The van der Waals surface area contributed by atoms with E-state index in [0.29, 0.717) is 13.0 Å². The standard InChI is InChI=1S/C15H21NO3/c1-15(2,3)16(14(17)18)12(13-10-19-13)9-11-7-5-4-6-8-11/h4-8,12-13H,9-10H2,1-3H3,(H,17,18)/t12-,13-/m0/s1. The average molecular weight is 263 g/mol. The van der Waals surface area contributed by atoms with Crippen LogP contribution in [-0.2, 0) is 11.2 Å². The second-order valence-corrected chi connectivity index (χ2v) is 5.95. The molecule has 1 fully saturated rings. The maximum absolute atomic E-state index is 11.6. The lowest BCUT2D eigenvalue weighted by atomic mass is 9.96. The maximum atomic E-state index is 11.6. The molecule has 104 valence electrons. The van der Waals surface area contributed by atoms with Crippen molar-refractivity contribution in [3.63, 3.8) is 0 Å². The van der Waals surface area contributed by atoms with Crippen molar-refractivity contribution in [2.45, 2.75) is 44.9 Å². The number of carboxylic acid groups (broad SMARTS) is 1. The molecule has 1 aromatic carbocycles. The van der Waals surface area contributed by atoms with Gasteiger partial charge in [0.05, 0.1) is 12.6 Å². The molecule has 1 amide bonds. The molecule has 1 heterocycles. The molecule has 1 aliphatic rings. The normalized spacial score (nSPS) is 19.8. The second-order valence-electron chi connectivity index (χ2n) is 5.95. The molecule has 19 heavy (non-hydrogen) atoms. The smallest absolute Gasteiger partial charge is 0.408 e. The molecule has 0 aliphatic carbocycles. The highest BCUT2D eigenvalue weighted by molar-refractivity contribution is 5.66. The Morgan fingerprint density at radius 3 is 2.42 bits per heavy atom. The highest BCUT2D eigenvalue weighted by Gasteiger charge is 2.43. The minimum Gasteiger partial charge on any atom is -0.465 e. The number of amides is 1. The monoisotopic (exact) mass is 263 g/mol. The van der Waals surface area contributed by atoms with E-state index >= 15 is 0 Å². The quantitative estimate of drug-likeness (QED) is 0.850. The van der Waals surface area contributed by atoms with Gasteiger partial charge in [-0.1, -0.05) is 30.3 Å². The van der Waals surface area contributed by atoms with Gasteiger partial charge in [0.15, 0.2) is 0 Å². The van der Waals surface area contributed by atoms with Crippen LogP contribution in [0.3, 0.4) is 0 Å². The second kappa shape index (κ2) is 5.21. The van der Waals surface area contributed by atoms with Crippen molar-refractivity contribution in [3.8, 4) is 0 Å². The van der Waals surface area contributed by atoms with E-state index in [0.717, 1.165) is 5.56 Å². The molecule has 1 N–H and O–H groups in total. The lowest BCUT2D eigenvalue weighted by Crippen LogP contribution is -2.54. The first-order chi connectivity index (χ1) is 8.89. The van der Waals surface area contributed by atoms with E-state index in [1.54, 1.807) is 0 Å². The number of hydrogen-bond donors (Lipinski definition) is 1. The Kier molecular flexibility index (Phi) is 3.80. The van der Waals surface area contributed by atoms with Gasteiger partial charge in [0, 0.05) is 5.54 Å². The molecule has 2 rings (SSSR count). The summed E-state index contributed by atoms with van der Waals surface area (Å²) in [4.78, 5) is 13.1. The molecule has 0 radical (unpaired) electrons. The molecular weight excluding hydrogens is 242 g/mol. The van der Waals surface area contributed by atoms with E-state index in [2.05, 4.69) is 0 Å². The fraction of sp³-hybridized carbons (Fsp3) is 0.533. The van der Waals surface area contributed by atoms with Gasteiger partial charge < -0.3 is 9.84 Å². The first-order valence-corrected chi connectivity index (χ1v) is 6.57. The Bertz CT molecular complexity index is 434. The zero-order chi connectivity index (χ0) is 14.0. The van der Waals surface area contributed by atoms with E-state index in [9.17, 15) is 9.90 Å². The summed E-state index contributed by atoms with van der Waals surface area (Å²) < 4.78 is 5.36. The fourth-order valence-electron chi connectivity index (χ4n) is 2.45. The highest BCUT2D eigenvalue weighted by Crippen LogP contribution is 2.28. The molecule has 4 nitrogen and oxygen atoms in total. The van der Waals surface area contributed by atoms with Gasteiger partial charge in [-0.2, -0.15) is 0 Å². The van der Waals surface area contributed by atoms with Gasteiger partial charge in [0.1, 0.15) is 6.10 Å². The lowest BCUT2D eigenvalue weighted by Gasteiger charge is -2.39. The fourth-order valence-corrected chi connectivity index (χ4v) is 2.45. The van der Waals surface area contributed by atoms with Gasteiger partial charge in [-0.3, -0.25) is 4.90 Å². The van der Waals surface area contributed by atoms with Crippen LogP contribution in [0.4, 0.5) is 4.79 Å². The Morgan fingerprint density at radius 1 is 1.42 bits per heavy atom. The zero-order valence-corrected chi connectivity index (χ0v) is 11.7. The van der Waals surface area contributed by atoms with Crippen molar-refractivity contribution >= 4 is 6.09 Å². The van der Waals surface area contributed by atoms with Crippen molar-refractivity contribution in [3.05, 3.63) is 35.9 Å². The highest BCUT2D eigenvalue weighted by atomic mass is 16.6. The van der Waals surface area contributed by atoms with Crippen LogP contribution in [0.2, 0.25) is 0 Å². The predicted octanol–water partition coefficient (Wildman–Crippen LogP) is 2.78. The van der Waals surface area contributed by atoms with Gasteiger partial charge in [0.2, 0.25) is 0 Å².